The van der Waals surface area contributed by atoms with E-state index >= 15 is 0 Å². The summed E-state index contributed by atoms with van der Waals surface area (Å²) in [5.41, 5.74) is 1.03. The number of aliphatic hydroxyl groups is 1. The fraction of sp³-hybridized carbons (Fsp3) is 0.562. The Bertz CT molecular complexity index is 561. The number of aryl methyl sites for hydroxylation is 1. The maximum Gasteiger partial charge on any atom is 0.236 e. The Morgan fingerprint density at radius 3 is 2.95 bits per heavy atom. The zero-order chi connectivity index (χ0) is 14.7. The molecule has 5 heteroatoms. The van der Waals surface area contributed by atoms with Gasteiger partial charge < -0.3 is 9.52 Å². The van der Waals surface area contributed by atoms with Crippen molar-refractivity contribution < 1.29 is 9.52 Å². The molecule has 0 atom stereocenters. The topological polar surface area (TPSA) is 49.5 Å². The minimum atomic E-state index is 0.251. The summed E-state index contributed by atoms with van der Waals surface area (Å²) in [6.45, 7) is 4.00. The fourth-order valence-corrected chi connectivity index (χ4v) is 3.34. The van der Waals surface area contributed by atoms with E-state index in [9.17, 15) is 0 Å². The van der Waals surface area contributed by atoms with E-state index in [-0.39, 0.29) is 6.61 Å². The Kier molecular flexibility index (Phi) is 4.73. The second kappa shape index (κ2) is 6.73. The number of nitrogens with zero attached hydrogens (tertiary/aromatic N) is 2. The number of oxazole rings is 1. The van der Waals surface area contributed by atoms with E-state index in [1.165, 1.54) is 19.3 Å². The lowest BCUT2D eigenvalue weighted by Gasteiger charge is -2.37. The van der Waals surface area contributed by atoms with Crippen LogP contribution in [0.5, 0.6) is 0 Å². The largest absolute Gasteiger partial charge is 0.440 e. The van der Waals surface area contributed by atoms with Crippen molar-refractivity contribution in [1.29, 1.82) is 0 Å². The molecule has 2 aromatic heterocycles. The third-order valence-corrected chi connectivity index (χ3v) is 5.03. The molecule has 1 aliphatic carbocycles. The van der Waals surface area contributed by atoms with Crippen LogP contribution >= 0.6 is 11.3 Å². The second-order valence-electron chi connectivity index (χ2n) is 5.63. The predicted molar refractivity (Wildman–Crippen MR) is 84.3 cm³/mol. The van der Waals surface area contributed by atoms with E-state index in [0.29, 0.717) is 6.04 Å². The molecule has 0 amide bonds. The number of aromatic nitrogens is 1. The molecule has 0 aliphatic heterocycles. The Morgan fingerprint density at radius 2 is 2.33 bits per heavy atom. The monoisotopic (exact) mass is 306 g/mol. The zero-order valence-corrected chi connectivity index (χ0v) is 13.2. The quantitative estimate of drug-likeness (QED) is 0.851. The summed E-state index contributed by atoms with van der Waals surface area (Å²) in [7, 11) is 0. The summed E-state index contributed by atoms with van der Waals surface area (Å²) in [6, 6.07) is 4.70. The molecule has 0 aromatic carbocycles. The summed E-state index contributed by atoms with van der Waals surface area (Å²) in [6.07, 6.45) is 4.67. The van der Waals surface area contributed by atoms with Crippen LogP contribution in [0.3, 0.4) is 0 Å². The third kappa shape index (κ3) is 3.36. The van der Waals surface area contributed by atoms with Crippen LogP contribution in [0.15, 0.2) is 21.9 Å². The van der Waals surface area contributed by atoms with E-state index in [2.05, 4.69) is 9.88 Å². The van der Waals surface area contributed by atoms with E-state index in [0.717, 1.165) is 41.7 Å². The van der Waals surface area contributed by atoms with Crippen LogP contribution in [0.4, 0.5) is 0 Å². The van der Waals surface area contributed by atoms with Crippen LogP contribution in [0, 0.1) is 6.92 Å². The van der Waals surface area contributed by atoms with Gasteiger partial charge in [-0.2, -0.15) is 0 Å². The van der Waals surface area contributed by atoms with Gasteiger partial charge in [0, 0.05) is 25.7 Å². The average molecular weight is 306 g/mol. The number of thiophene rings is 1. The molecule has 0 saturated heterocycles. The second-order valence-corrected chi connectivity index (χ2v) is 6.58. The lowest BCUT2D eigenvalue weighted by molar-refractivity contribution is 0.108. The smallest absolute Gasteiger partial charge is 0.236 e. The summed E-state index contributed by atoms with van der Waals surface area (Å²) < 4.78 is 5.82. The van der Waals surface area contributed by atoms with Gasteiger partial charge in [-0.1, -0.05) is 12.5 Å². The van der Waals surface area contributed by atoms with Crippen molar-refractivity contribution in [3.63, 3.8) is 0 Å². The van der Waals surface area contributed by atoms with Gasteiger partial charge in [-0.05, 0) is 37.6 Å². The van der Waals surface area contributed by atoms with Crippen molar-refractivity contribution in [2.75, 3.05) is 13.2 Å². The van der Waals surface area contributed by atoms with Crippen LogP contribution < -0.4 is 0 Å². The molecule has 1 N–H and O–H groups in total. The summed E-state index contributed by atoms with van der Waals surface area (Å²) >= 11 is 1.65. The first kappa shape index (κ1) is 14.8. The standard InChI is InChI=1S/C16H22N2O2S/c1-12-14(17-16(20-12)15-7-3-10-21-15)11-18(8-4-9-19)13-5-2-6-13/h3,7,10,13,19H,2,4-6,8-9,11H2,1H3. The molecule has 1 aliphatic rings. The lowest BCUT2D eigenvalue weighted by atomic mass is 9.91. The molecule has 2 aromatic rings. The summed E-state index contributed by atoms with van der Waals surface area (Å²) in [5, 5.41) is 11.1. The highest BCUT2D eigenvalue weighted by atomic mass is 32.1. The molecule has 0 unspecified atom stereocenters. The van der Waals surface area contributed by atoms with E-state index in [1.54, 1.807) is 11.3 Å². The molecule has 3 rings (SSSR count). The van der Waals surface area contributed by atoms with Gasteiger partial charge in [0.05, 0.1) is 10.6 Å². The highest BCUT2D eigenvalue weighted by Gasteiger charge is 2.26. The minimum absolute atomic E-state index is 0.251. The van der Waals surface area contributed by atoms with Crippen LogP contribution in [0.1, 0.15) is 37.1 Å². The van der Waals surface area contributed by atoms with Crippen molar-refractivity contribution in [1.82, 2.24) is 9.88 Å². The highest BCUT2D eigenvalue weighted by Crippen LogP contribution is 2.29. The van der Waals surface area contributed by atoms with Gasteiger partial charge in [-0.25, -0.2) is 4.98 Å². The summed E-state index contributed by atoms with van der Waals surface area (Å²) in [5.74, 6) is 1.64. The van der Waals surface area contributed by atoms with Crippen molar-refractivity contribution >= 4 is 11.3 Å². The SMILES string of the molecule is Cc1oc(-c2cccs2)nc1CN(CCCO)C1CCC1. The number of hydrogen-bond donors (Lipinski definition) is 1. The van der Waals surface area contributed by atoms with E-state index in [1.807, 2.05) is 24.4 Å². The molecule has 2 heterocycles. The first-order chi connectivity index (χ1) is 10.3. The van der Waals surface area contributed by atoms with E-state index < -0.39 is 0 Å². The summed E-state index contributed by atoms with van der Waals surface area (Å²) in [4.78, 5) is 8.21. The Hall–Kier alpha value is -1.17. The Morgan fingerprint density at radius 1 is 1.48 bits per heavy atom. The molecule has 0 spiro atoms. The van der Waals surface area contributed by atoms with Crippen LogP contribution in [0.2, 0.25) is 0 Å². The van der Waals surface area contributed by atoms with Gasteiger partial charge in [0.25, 0.3) is 0 Å². The number of rotatable bonds is 7. The number of hydrogen-bond acceptors (Lipinski definition) is 5. The Labute approximate surface area is 129 Å². The molecule has 4 nitrogen and oxygen atoms in total. The maximum absolute atomic E-state index is 9.08. The van der Waals surface area contributed by atoms with Gasteiger partial charge in [-0.3, -0.25) is 4.90 Å². The molecule has 0 bridgehead atoms. The van der Waals surface area contributed by atoms with Crippen LogP contribution in [-0.4, -0.2) is 34.2 Å². The molecule has 114 valence electrons. The van der Waals surface area contributed by atoms with Crippen molar-refractivity contribution in [2.24, 2.45) is 0 Å². The van der Waals surface area contributed by atoms with E-state index in [4.69, 9.17) is 9.52 Å². The molecular formula is C16H22N2O2S. The fourth-order valence-electron chi connectivity index (χ4n) is 2.69. The van der Waals surface area contributed by atoms with Crippen molar-refractivity contribution in [2.45, 2.75) is 45.2 Å². The maximum atomic E-state index is 9.08. The van der Waals surface area contributed by atoms with Crippen molar-refractivity contribution in [3.8, 4) is 10.8 Å². The van der Waals surface area contributed by atoms with Crippen LogP contribution in [-0.2, 0) is 6.54 Å². The van der Waals surface area contributed by atoms with Gasteiger partial charge in [0.15, 0.2) is 0 Å². The zero-order valence-electron chi connectivity index (χ0n) is 12.4. The van der Waals surface area contributed by atoms with Gasteiger partial charge in [0.1, 0.15) is 5.76 Å². The van der Waals surface area contributed by atoms with Crippen molar-refractivity contribution in [3.05, 3.63) is 29.0 Å². The highest BCUT2D eigenvalue weighted by molar-refractivity contribution is 7.13. The normalized spacial score (nSPS) is 15.6. The van der Waals surface area contributed by atoms with Crippen LogP contribution in [0.25, 0.3) is 10.8 Å². The predicted octanol–water partition coefficient (Wildman–Crippen LogP) is 3.45. The van der Waals surface area contributed by atoms with Gasteiger partial charge >= 0.3 is 0 Å². The number of aliphatic hydroxyl groups excluding tert-OH is 1. The molecular weight excluding hydrogens is 284 g/mol. The third-order valence-electron chi connectivity index (χ3n) is 4.17. The average Bonchev–Trinajstić information content (AvgIpc) is 3.04. The molecule has 1 fully saturated rings. The lowest BCUT2D eigenvalue weighted by Crippen LogP contribution is -2.40. The molecule has 21 heavy (non-hydrogen) atoms. The van der Waals surface area contributed by atoms with Gasteiger partial charge in [-0.15, -0.1) is 11.3 Å². The molecule has 0 radical (unpaired) electrons. The van der Waals surface area contributed by atoms with Gasteiger partial charge in [0.2, 0.25) is 5.89 Å². The minimum Gasteiger partial charge on any atom is -0.440 e. The first-order valence-electron chi connectivity index (χ1n) is 7.63. The first-order valence-corrected chi connectivity index (χ1v) is 8.51. The molecule has 1 saturated carbocycles. The Balaban J connectivity index is 1.72.